The molecule has 4 aromatic rings. The smallest absolute Gasteiger partial charge is 0.139 e. The zero-order valence-corrected chi connectivity index (χ0v) is 21.5. The Hall–Kier alpha value is -4.13. The number of methoxy groups -OCH3 is 2. The molecule has 0 spiro atoms. The number of allylic oxidation sites excluding steroid dienone is 1. The minimum absolute atomic E-state index is 0.403. The first-order valence-electron chi connectivity index (χ1n) is 12.8. The molecule has 2 aromatic carbocycles. The summed E-state index contributed by atoms with van der Waals surface area (Å²) in [6, 6.07) is 16.3. The summed E-state index contributed by atoms with van der Waals surface area (Å²) >= 11 is 0. The van der Waals surface area contributed by atoms with Crippen LogP contribution in [0.5, 0.6) is 11.5 Å². The second-order valence-corrected chi connectivity index (χ2v) is 9.72. The second kappa shape index (κ2) is 9.73. The fraction of sp³-hybridized carbons (Fsp3) is 0.300. The molecule has 7 heteroatoms. The maximum atomic E-state index is 5.42. The molecule has 6 rings (SSSR count). The van der Waals surface area contributed by atoms with Crippen molar-refractivity contribution in [2.75, 3.05) is 32.2 Å². The van der Waals surface area contributed by atoms with Crippen LogP contribution in [0.15, 0.2) is 54.9 Å². The molecule has 1 saturated heterocycles. The van der Waals surface area contributed by atoms with E-state index in [0.29, 0.717) is 5.92 Å². The van der Waals surface area contributed by atoms with Crippen LogP contribution in [-0.2, 0) is 6.42 Å². The van der Waals surface area contributed by atoms with E-state index in [1.165, 1.54) is 11.1 Å². The molecular weight excluding hydrogens is 462 g/mol. The average molecular weight is 494 g/mol. The number of anilines is 1. The van der Waals surface area contributed by atoms with E-state index < -0.39 is 0 Å². The summed E-state index contributed by atoms with van der Waals surface area (Å²) in [4.78, 5) is 20.3. The van der Waals surface area contributed by atoms with Gasteiger partial charge >= 0.3 is 0 Å². The first-order chi connectivity index (χ1) is 18.1. The minimum atomic E-state index is 0.403. The number of piperidine rings is 1. The van der Waals surface area contributed by atoms with Crippen molar-refractivity contribution in [1.29, 1.82) is 0 Å². The Morgan fingerprint density at radius 1 is 0.919 bits per heavy atom. The van der Waals surface area contributed by atoms with Gasteiger partial charge in [-0.3, -0.25) is 0 Å². The van der Waals surface area contributed by atoms with Crippen LogP contribution in [0, 0.1) is 6.92 Å². The van der Waals surface area contributed by atoms with Crippen LogP contribution in [0.25, 0.3) is 22.9 Å². The average Bonchev–Trinajstić information content (AvgIpc) is 3.57. The molecule has 2 aromatic heterocycles. The van der Waals surface area contributed by atoms with Crippen molar-refractivity contribution in [2.45, 2.75) is 32.1 Å². The first-order valence-corrected chi connectivity index (χ1v) is 12.8. The Labute approximate surface area is 217 Å². The third-order valence-electron chi connectivity index (χ3n) is 7.51. The molecule has 1 aliphatic heterocycles. The van der Waals surface area contributed by atoms with E-state index in [0.717, 1.165) is 83.7 Å². The molecule has 188 valence electrons. The van der Waals surface area contributed by atoms with E-state index in [4.69, 9.17) is 19.4 Å². The number of hydrogen-bond donors (Lipinski definition) is 1. The van der Waals surface area contributed by atoms with Crippen LogP contribution in [0.3, 0.4) is 0 Å². The van der Waals surface area contributed by atoms with Crippen LogP contribution >= 0.6 is 0 Å². The molecule has 0 saturated carbocycles. The van der Waals surface area contributed by atoms with Gasteiger partial charge in [-0.2, -0.15) is 0 Å². The predicted octanol–water partition coefficient (Wildman–Crippen LogP) is 5.67. The Kier molecular flexibility index (Phi) is 6.12. The number of benzene rings is 2. The van der Waals surface area contributed by atoms with Crippen LogP contribution in [0.1, 0.15) is 47.1 Å². The van der Waals surface area contributed by atoms with Crippen molar-refractivity contribution < 1.29 is 9.47 Å². The molecular formula is C30H31N5O2. The molecule has 0 radical (unpaired) electrons. The summed E-state index contributed by atoms with van der Waals surface area (Å²) in [7, 11) is 3.39. The van der Waals surface area contributed by atoms with Crippen molar-refractivity contribution in [3.05, 3.63) is 83.2 Å². The third kappa shape index (κ3) is 4.46. The third-order valence-corrected chi connectivity index (χ3v) is 7.51. The highest BCUT2D eigenvalue weighted by Gasteiger charge is 2.28. The molecule has 3 heterocycles. The Morgan fingerprint density at radius 3 is 2.46 bits per heavy atom. The highest BCUT2D eigenvalue weighted by atomic mass is 16.5. The number of fused-ring (bicyclic) bond motifs is 1. The lowest BCUT2D eigenvalue weighted by molar-refractivity contribution is 0.414. The van der Waals surface area contributed by atoms with E-state index in [1.54, 1.807) is 20.5 Å². The van der Waals surface area contributed by atoms with Crippen LogP contribution in [0.2, 0.25) is 0 Å². The number of hydrogen-bond acceptors (Lipinski definition) is 6. The standard InChI is InChI=1S/C30H31N5O2/c1-19-28(20-7-9-24(36-2)10-8-20)34-29(33-19)21-11-13-35(14-12-21)30-26-16-23(17-27(26)31-18-32-30)22-5-4-6-25(15-22)37-3/h4-10,15-16,18,21H,11-14,17H2,1-3H3,(H,33,34). The van der Waals surface area contributed by atoms with Gasteiger partial charge in [0, 0.05) is 42.2 Å². The van der Waals surface area contributed by atoms with Crippen LogP contribution < -0.4 is 14.4 Å². The maximum absolute atomic E-state index is 5.42. The van der Waals surface area contributed by atoms with Crippen LogP contribution in [-0.4, -0.2) is 47.2 Å². The highest BCUT2D eigenvalue weighted by molar-refractivity contribution is 5.91. The van der Waals surface area contributed by atoms with Gasteiger partial charge in [0.05, 0.1) is 25.6 Å². The van der Waals surface area contributed by atoms with Gasteiger partial charge < -0.3 is 19.4 Å². The number of H-pyrrole nitrogens is 1. The lowest BCUT2D eigenvalue weighted by Gasteiger charge is -2.32. The first kappa shape index (κ1) is 23.3. The van der Waals surface area contributed by atoms with Crippen molar-refractivity contribution >= 4 is 17.5 Å². The summed E-state index contributed by atoms with van der Waals surface area (Å²) < 4.78 is 10.7. The van der Waals surface area contributed by atoms with Crippen molar-refractivity contribution in [2.24, 2.45) is 0 Å². The fourth-order valence-electron chi connectivity index (χ4n) is 5.45. The molecule has 0 atom stereocenters. The molecule has 7 nitrogen and oxygen atoms in total. The van der Waals surface area contributed by atoms with Gasteiger partial charge in [0.25, 0.3) is 0 Å². The molecule has 0 amide bonds. The SMILES string of the molecule is COc1ccc(-c2nc(C3CCN(c4ncnc5c4C=C(c4cccc(OC)c4)C5)CC3)[nH]c2C)cc1. The quantitative estimate of drug-likeness (QED) is 0.373. The summed E-state index contributed by atoms with van der Waals surface area (Å²) in [6.07, 6.45) is 6.83. The zero-order valence-electron chi connectivity index (χ0n) is 21.5. The number of ether oxygens (including phenoxy) is 2. The van der Waals surface area contributed by atoms with Crippen LogP contribution in [0.4, 0.5) is 5.82 Å². The normalized spacial score (nSPS) is 15.4. The van der Waals surface area contributed by atoms with Gasteiger partial charge in [-0.05, 0) is 73.4 Å². The van der Waals surface area contributed by atoms with Gasteiger partial charge in [0.1, 0.15) is 29.5 Å². The number of aromatic amines is 1. The molecule has 37 heavy (non-hydrogen) atoms. The monoisotopic (exact) mass is 493 g/mol. The van der Waals surface area contributed by atoms with E-state index >= 15 is 0 Å². The highest BCUT2D eigenvalue weighted by Crippen LogP contribution is 2.38. The number of nitrogens with one attached hydrogen (secondary N) is 1. The van der Waals surface area contributed by atoms with E-state index in [2.05, 4.69) is 52.1 Å². The molecule has 1 aliphatic carbocycles. The van der Waals surface area contributed by atoms with Gasteiger partial charge in [-0.1, -0.05) is 12.1 Å². The minimum Gasteiger partial charge on any atom is -0.497 e. The largest absolute Gasteiger partial charge is 0.497 e. The lowest BCUT2D eigenvalue weighted by Crippen LogP contribution is -2.34. The molecule has 1 N–H and O–H groups in total. The topological polar surface area (TPSA) is 76.2 Å². The number of imidazole rings is 1. The second-order valence-electron chi connectivity index (χ2n) is 9.72. The summed E-state index contributed by atoms with van der Waals surface area (Å²) in [5.41, 5.74) is 7.89. The summed E-state index contributed by atoms with van der Waals surface area (Å²) in [6.45, 7) is 3.98. The Morgan fingerprint density at radius 2 is 1.70 bits per heavy atom. The molecule has 0 unspecified atom stereocenters. The number of aromatic nitrogens is 4. The van der Waals surface area contributed by atoms with E-state index in [-0.39, 0.29) is 0 Å². The molecule has 2 aliphatic rings. The number of aryl methyl sites for hydroxylation is 1. The lowest BCUT2D eigenvalue weighted by atomic mass is 9.96. The number of rotatable bonds is 6. The maximum Gasteiger partial charge on any atom is 0.139 e. The van der Waals surface area contributed by atoms with Gasteiger partial charge in [-0.15, -0.1) is 0 Å². The van der Waals surface area contributed by atoms with Crippen molar-refractivity contribution in [3.63, 3.8) is 0 Å². The Bertz CT molecular complexity index is 1450. The van der Waals surface area contributed by atoms with Crippen molar-refractivity contribution in [1.82, 2.24) is 19.9 Å². The fourth-order valence-corrected chi connectivity index (χ4v) is 5.45. The molecule has 0 bridgehead atoms. The Balaban J connectivity index is 1.18. The van der Waals surface area contributed by atoms with E-state index in [9.17, 15) is 0 Å². The van der Waals surface area contributed by atoms with Gasteiger partial charge in [0.15, 0.2) is 0 Å². The zero-order chi connectivity index (χ0) is 25.4. The predicted molar refractivity (Wildman–Crippen MR) is 146 cm³/mol. The molecule has 1 fully saturated rings. The number of nitrogens with zero attached hydrogens (tertiary/aromatic N) is 4. The van der Waals surface area contributed by atoms with Gasteiger partial charge in [-0.25, -0.2) is 15.0 Å². The van der Waals surface area contributed by atoms with Gasteiger partial charge in [0.2, 0.25) is 0 Å². The summed E-state index contributed by atoms with van der Waals surface area (Å²) in [5, 5.41) is 0. The van der Waals surface area contributed by atoms with Crippen molar-refractivity contribution in [3.8, 4) is 22.8 Å². The summed E-state index contributed by atoms with van der Waals surface area (Å²) in [5.74, 6) is 4.24. The van der Waals surface area contributed by atoms with E-state index in [1.807, 2.05) is 24.3 Å².